The molecule has 5 heteroatoms. The fraction of sp³-hybridized carbons (Fsp3) is 0.600. The van der Waals surface area contributed by atoms with E-state index >= 15 is 0 Å². The van der Waals surface area contributed by atoms with Crippen molar-refractivity contribution in [2.45, 2.75) is 39.2 Å². The number of aryl methyl sites for hydroxylation is 1. The molecule has 1 atom stereocenters. The molecule has 0 saturated carbocycles. The number of nitro benzene ring substituents is 1. The van der Waals surface area contributed by atoms with E-state index in [9.17, 15) is 10.1 Å². The molecule has 0 radical (unpaired) electrons. The van der Waals surface area contributed by atoms with Gasteiger partial charge in [0.05, 0.1) is 4.92 Å². The minimum atomic E-state index is -0.338. The molecule has 0 bridgehead atoms. The Labute approximate surface area is 120 Å². The van der Waals surface area contributed by atoms with Gasteiger partial charge in [-0.3, -0.25) is 15.0 Å². The summed E-state index contributed by atoms with van der Waals surface area (Å²) in [6.45, 7) is 7.25. The average molecular weight is 277 g/mol. The predicted octanol–water partition coefficient (Wildman–Crippen LogP) is 3.19. The van der Waals surface area contributed by atoms with Crippen molar-refractivity contribution in [2.24, 2.45) is 0 Å². The first kappa shape index (κ1) is 14.8. The molecule has 1 aliphatic rings. The van der Waals surface area contributed by atoms with Gasteiger partial charge in [0.25, 0.3) is 5.69 Å². The van der Waals surface area contributed by atoms with E-state index in [4.69, 9.17) is 0 Å². The van der Waals surface area contributed by atoms with E-state index in [-0.39, 0.29) is 10.6 Å². The molecule has 2 rings (SSSR count). The molecule has 0 amide bonds. The molecule has 0 aliphatic carbocycles. The van der Waals surface area contributed by atoms with Crippen LogP contribution in [0.2, 0.25) is 0 Å². The Hall–Kier alpha value is -1.62. The Bertz CT molecular complexity index is 470. The predicted molar refractivity (Wildman–Crippen MR) is 81.2 cm³/mol. The Balaban J connectivity index is 1.90. The molecule has 1 aromatic rings. The van der Waals surface area contributed by atoms with Crippen LogP contribution in [-0.2, 0) is 0 Å². The maximum atomic E-state index is 10.8. The molecule has 1 saturated heterocycles. The van der Waals surface area contributed by atoms with Gasteiger partial charge in [0.1, 0.15) is 0 Å². The number of nitrogens with one attached hydrogen (secondary N) is 1. The minimum Gasteiger partial charge on any atom is -0.383 e. The second kappa shape index (κ2) is 6.70. The molecule has 0 aromatic heterocycles. The van der Waals surface area contributed by atoms with Gasteiger partial charge in [-0.05, 0) is 51.9 Å². The van der Waals surface area contributed by atoms with Gasteiger partial charge in [-0.25, -0.2) is 0 Å². The van der Waals surface area contributed by atoms with Crippen LogP contribution in [0.4, 0.5) is 11.4 Å². The summed E-state index contributed by atoms with van der Waals surface area (Å²) in [4.78, 5) is 13.0. The Kier molecular flexibility index (Phi) is 4.95. The highest BCUT2D eigenvalue weighted by Crippen LogP contribution is 2.21. The van der Waals surface area contributed by atoms with Crippen molar-refractivity contribution in [3.05, 3.63) is 33.9 Å². The molecule has 20 heavy (non-hydrogen) atoms. The Morgan fingerprint density at radius 3 is 2.65 bits per heavy atom. The third kappa shape index (κ3) is 3.70. The molecular formula is C15H23N3O2. The lowest BCUT2D eigenvalue weighted by Crippen LogP contribution is -2.41. The smallest absolute Gasteiger partial charge is 0.272 e. The molecule has 1 heterocycles. The Morgan fingerprint density at radius 1 is 1.35 bits per heavy atom. The molecule has 1 unspecified atom stereocenters. The van der Waals surface area contributed by atoms with Crippen LogP contribution in [0.25, 0.3) is 0 Å². The SMILES string of the molecule is Cc1cc(NCC(C)N2CCCCC2)ccc1[N+](=O)[O-]. The number of nitro groups is 1. The normalized spacial score (nSPS) is 17.7. The zero-order chi connectivity index (χ0) is 14.5. The summed E-state index contributed by atoms with van der Waals surface area (Å²) in [6, 6.07) is 5.70. The van der Waals surface area contributed by atoms with Gasteiger partial charge in [-0.15, -0.1) is 0 Å². The van der Waals surface area contributed by atoms with Gasteiger partial charge < -0.3 is 5.32 Å². The molecule has 1 fully saturated rings. The lowest BCUT2D eigenvalue weighted by Gasteiger charge is -2.32. The molecule has 110 valence electrons. The van der Waals surface area contributed by atoms with Crippen molar-refractivity contribution >= 4 is 11.4 Å². The van der Waals surface area contributed by atoms with E-state index in [0.29, 0.717) is 11.6 Å². The summed E-state index contributed by atoms with van der Waals surface area (Å²) in [5.74, 6) is 0. The summed E-state index contributed by atoms with van der Waals surface area (Å²) >= 11 is 0. The van der Waals surface area contributed by atoms with E-state index in [1.54, 1.807) is 19.1 Å². The number of hydrogen-bond acceptors (Lipinski definition) is 4. The van der Waals surface area contributed by atoms with Crippen molar-refractivity contribution in [3.8, 4) is 0 Å². The number of benzene rings is 1. The van der Waals surface area contributed by atoms with Crippen LogP contribution in [0.5, 0.6) is 0 Å². The van der Waals surface area contributed by atoms with Gasteiger partial charge in [-0.2, -0.15) is 0 Å². The topological polar surface area (TPSA) is 58.4 Å². The molecular weight excluding hydrogens is 254 g/mol. The minimum absolute atomic E-state index is 0.180. The lowest BCUT2D eigenvalue weighted by atomic mass is 10.1. The maximum Gasteiger partial charge on any atom is 0.272 e. The molecule has 1 N–H and O–H groups in total. The lowest BCUT2D eigenvalue weighted by molar-refractivity contribution is -0.385. The average Bonchev–Trinajstić information content (AvgIpc) is 2.45. The fourth-order valence-corrected chi connectivity index (χ4v) is 2.72. The van der Waals surface area contributed by atoms with Crippen LogP contribution in [0.15, 0.2) is 18.2 Å². The third-order valence-corrected chi connectivity index (χ3v) is 4.01. The summed E-state index contributed by atoms with van der Waals surface area (Å²) in [5, 5.41) is 14.2. The highest BCUT2D eigenvalue weighted by atomic mass is 16.6. The number of hydrogen-bond donors (Lipinski definition) is 1. The summed E-state index contributed by atoms with van der Waals surface area (Å²) < 4.78 is 0. The maximum absolute atomic E-state index is 10.8. The number of nitrogens with zero attached hydrogens (tertiary/aromatic N) is 2. The fourth-order valence-electron chi connectivity index (χ4n) is 2.72. The summed E-state index contributed by atoms with van der Waals surface area (Å²) in [5.41, 5.74) is 1.84. The first-order valence-corrected chi connectivity index (χ1v) is 7.31. The number of anilines is 1. The molecule has 5 nitrogen and oxygen atoms in total. The largest absolute Gasteiger partial charge is 0.383 e. The zero-order valence-corrected chi connectivity index (χ0v) is 12.3. The highest BCUT2D eigenvalue weighted by Gasteiger charge is 2.16. The highest BCUT2D eigenvalue weighted by molar-refractivity contribution is 5.53. The van der Waals surface area contributed by atoms with Crippen LogP contribution in [0, 0.1) is 17.0 Å². The number of piperidine rings is 1. The second-order valence-electron chi connectivity index (χ2n) is 5.58. The van der Waals surface area contributed by atoms with E-state index in [0.717, 1.165) is 12.2 Å². The van der Waals surface area contributed by atoms with Crippen LogP contribution in [0.3, 0.4) is 0 Å². The number of likely N-dealkylation sites (tertiary alicyclic amines) is 1. The zero-order valence-electron chi connectivity index (χ0n) is 12.3. The van der Waals surface area contributed by atoms with Crippen LogP contribution >= 0.6 is 0 Å². The van der Waals surface area contributed by atoms with E-state index in [1.807, 2.05) is 6.07 Å². The van der Waals surface area contributed by atoms with Crippen LogP contribution < -0.4 is 5.32 Å². The van der Waals surface area contributed by atoms with Gasteiger partial charge in [0.15, 0.2) is 0 Å². The number of rotatable bonds is 5. The van der Waals surface area contributed by atoms with Crippen molar-refractivity contribution in [2.75, 3.05) is 25.0 Å². The molecule has 1 aliphatic heterocycles. The summed E-state index contributed by atoms with van der Waals surface area (Å²) in [7, 11) is 0. The van der Waals surface area contributed by atoms with E-state index < -0.39 is 0 Å². The monoisotopic (exact) mass is 277 g/mol. The van der Waals surface area contributed by atoms with Gasteiger partial charge in [-0.1, -0.05) is 6.42 Å². The quantitative estimate of drug-likeness (QED) is 0.663. The standard InChI is InChI=1S/C15H23N3O2/c1-12-10-14(6-7-15(12)18(19)20)16-11-13(2)17-8-4-3-5-9-17/h6-7,10,13,16H,3-5,8-9,11H2,1-2H3. The molecule has 1 aromatic carbocycles. The third-order valence-electron chi connectivity index (χ3n) is 4.01. The Morgan fingerprint density at radius 2 is 2.05 bits per heavy atom. The van der Waals surface area contributed by atoms with Gasteiger partial charge in [0.2, 0.25) is 0 Å². The van der Waals surface area contributed by atoms with E-state index in [2.05, 4.69) is 17.1 Å². The van der Waals surface area contributed by atoms with Crippen molar-refractivity contribution < 1.29 is 4.92 Å². The van der Waals surface area contributed by atoms with Gasteiger partial charge >= 0.3 is 0 Å². The second-order valence-corrected chi connectivity index (χ2v) is 5.58. The van der Waals surface area contributed by atoms with Crippen molar-refractivity contribution in [3.63, 3.8) is 0 Å². The van der Waals surface area contributed by atoms with Crippen LogP contribution in [0.1, 0.15) is 31.7 Å². The first-order chi connectivity index (χ1) is 9.58. The van der Waals surface area contributed by atoms with Gasteiger partial charge in [0, 0.05) is 29.9 Å². The van der Waals surface area contributed by atoms with Crippen molar-refractivity contribution in [1.82, 2.24) is 4.90 Å². The van der Waals surface area contributed by atoms with Crippen molar-refractivity contribution in [1.29, 1.82) is 0 Å². The van der Waals surface area contributed by atoms with Crippen LogP contribution in [-0.4, -0.2) is 35.5 Å². The van der Waals surface area contributed by atoms with E-state index in [1.165, 1.54) is 32.4 Å². The first-order valence-electron chi connectivity index (χ1n) is 7.31. The molecule has 0 spiro atoms. The summed E-state index contributed by atoms with van der Waals surface area (Å²) in [6.07, 6.45) is 3.93.